The minimum absolute atomic E-state index is 0.0907. The van der Waals surface area contributed by atoms with Crippen molar-refractivity contribution < 1.29 is 5.11 Å². The van der Waals surface area contributed by atoms with Crippen molar-refractivity contribution in [2.24, 2.45) is 0 Å². The molecule has 5 aromatic rings. The lowest BCUT2D eigenvalue weighted by atomic mass is 9.85. The van der Waals surface area contributed by atoms with Gasteiger partial charge in [-0.15, -0.1) is 0 Å². The van der Waals surface area contributed by atoms with Crippen LogP contribution in [0.3, 0.4) is 0 Å². The standard InChI is InChI=1S/C23H18N8O/c24-10-13-5-6-16-19(9-13)30(12-27-16)23-26-11-17-21(29-23)31(22(25)28-17)18-7-8-20(32)15-4-2-1-3-14(15)18/h1-6,9,11-12,18,20,32H,7-8H2,(H2,25,28). The molecule has 3 heterocycles. The number of nitrogen functional groups attached to an aromatic ring is 1. The van der Waals surface area contributed by atoms with Crippen molar-refractivity contribution in [3.63, 3.8) is 0 Å². The van der Waals surface area contributed by atoms with E-state index < -0.39 is 6.10 Å². The molecule has 6 rings (SSSR count). The highest BCUT2D eigenvalue weighted by Gasteiger charge is 2.29. The van der Waals surface area contributed by atoms with E-state index in [1.807, 2.05) is 28.8 Å². The summed E-state index contributed by atoms with van der Waals surface area (Å²) in [6.45, 7) is 0. The van der Waals surface area contributed by atoms with Gasteiger partial charge in [0.05, 0.1) is 41.0 Å². The van der Waals surface area contributed by atoms with Gasteiger partial charge in [0.1, 0.15) is 11.8 Å². The Kier molecular flexibility index (Phi) is 3.96. The van der Waals surface area contributed by atoms with Crippen LogP contribution < -0.4 is 5.73 Å². The molecule has 0 saturated carbocycles. The van der Waals surface area contributed by atoms with Gasteiger partial charge >= 0.3 is 0 Å². The molecule has 0 fully saturated rings. The quantitative estimate of drug-likeness (QED) is 0.447. The van der Waals surface area contributed by atoms with Crippen molar-refractivity contribution in [3.05, 3.63) is 71.7 Å². The lowest BCUT2D eigenvalue weighted by Gasteiger charge is -2.30. The van der Waals surface area contributed by atoms with Crippen LogP contribution in [0.25, 0.3) is 28.1 Å². The first-order valence-electron chi connectivity index (χ1n) is 10.3. The monoisotopic (exact) mass is 422 g/mol. The second kappa shape index (κ2) is 6.87. The van der Waals surface area contributed by atoms with Crippen LogP contribution in [-0.2, 0) is 0 Å². The van der Waals surface area contributed by atoms with Gasteiger partial charge in [-0.25, -0.2) is 15.0 Å². The van der Waals surface area contributed by atoms with Crippen molar-refractivity contribution in [2.75, 3.05) is 5.73 Å². The number of rotatable bonds is 2. The normalized spacial score (nSPS) is 18.0. The summed E-state index contributed by atoms with van der Waals surface area (Å²) in [4.78, 5) is 18.1. The first kappa shape index (κ1) is 18.5. The van der Waals surface area contributed by atoms with Crippen LogP contribution in [0.15, 0.2) is 55.0 Å². The van der Waals surface area contributed by atoms with Crippen LogP contribution in [0.1, 0.15) is 41.7 Å². The van der Waals surface area contributed by atoms with E-state index in [1.54, 1.807) is 35.3 Å². The zero-order chi connectivity index (χ0) is 21.8. The number of nitrogens with zero attached hydrogens (tertiary/aromatic N) is 7. The van der Waals surface area contributed by atoms with Crippen LogP contribution in [0.4, 0.5) is 5.95 Å². The molecule has 0 saturated heterocycles. The second-order valence-electron chi connectivity index (χ2n) is 7.89. The maximum absolute atomic E-state index is 10.5. The minimum atomic E-state index is -0.490. The van der Waals surface area contributed by atoms with Crippen LogP contribution in [0.2, 0.25) is 0 Å². The van der Waals surface area contributed by atoms with Gasteiger partial charge in [0.2, 0.25) is 11.9 Å². The fourth-order valence-electron chi connectivity index (χ4n) is 4.57. The number of fused-ring (bicyclic) bond motifs is 3. The maximum Gasteiger partial charge on any atom is 0.237 e. The summed E-state index contributed by atoms with van der Waals surface area (Å²) < 4.78 is 3.67. The van der Waals surface area contributed by atoms with Crippen molar-refractivity contribution in [2.45, 2.75) is 25.0 Å². The number of imidazole rings is 2. The molecule has 2 aromatic carbocycles. The molecule has 3 aromatic heterocycles. The SMILES string of the molecule is N#Cc1ccc2ncn(-c3ncc4nc(N)n(C5CCC(O)c6ccccc65)c4n3)c2c1. The predicted octanol–water partition coefficient (Wildman–Crippen LogP) is 3.04. The van der Waals surface area contributed by atoms with Crippen LogP contribution in [0.5, 0.6) is 0 Å². The molecule has 156 valence electrons. The molecule has 2 atom stereocenters. The van der Waals surface area contributed by atoms with Crippen LogP contribution in [-0.4, -0.2) is 34.2 Å². The van der Waals surface area contributed by atoms with Gasteiger partial charge in [0.15, 0.2) is 5.65 Å². The molecular weight excluding hydrogens is 404 g/mol. The van der Waals surface area contributed by atoms with Crippen molar-refractivity contribution in [1.82, 2.24) is 29.1 Å². The Labute approximate surface area is 182 Å². The average Bonchev–Trinajstić information content (AvgIpc) is 3.39. The zero-order valence-electron chi connectivity index (χ0n) is 16.9. The Hall–Kier alpha value is -4.29. The third-order valence-electron chi connectivity index (χ3n) is 6.08. The van der Waals surface area contributed by atoms with Gasteiger partial charge in [-0.05, 0) is 42.2 Å². The smallest absolute Gasteiger partial charge is 0.237 e. The largest absolute Gasteiger partial charge is 0.388 e. The fourth-order valence-corrected chi connectivity index (χ4v) is 4.57. The Bertz CT molecular complexity index is 1540. The second-order valence-corrected chi connectivity index (χ2v) is 7.89. The van der Waals surface area contributed by atoms with E-state index in [1.165, 1.54) is 0 Å². The summed E-state index contributed by atoms with van der Waals surface area (Å²) in [6, 6.07) is 15.2. The summed E-state index contributed by atoms with van der Waals surface area (Å²) in [5.41, 5.74) is 11.5. The molecular formula is C23H18N8O. The van der Waals surface area contributed by atoms with Gasteiger partial charge in [0, 0.05) is 0 Å². The summed E-state index contributed by atoms with van der Waals surface area (Å²) in [5.74, 6) is 0.769. The van der Waals surface area contributed by atoms with Gasteiger partial charge in [0.25, 0.3) is 0 Å². The first-order chi connectivity index (χ1) is 15.6. The molecule has 9 heteroatoms. The van der Waals surface area contributed by atoms with Gasteiger partial charge in [-0.3, -0.25) is 9.13 Å². The van der Waals surface area contributed by atoms with Crippen LogP contribution in [0, 0.1) is 11.3 Å². The molecule has 0 bridgehead atoms. The van der Waals surface area contributed by atoms with Gasteiger partial charge in [-0.2, -0.15) is 10.2 Å². The number of aromatic nitrogens is 6. The number of nitriles is 1. The first-order valence-corrected chi connectivity index (χ1v) is 10.3. The lowest BCUT2D eigenvalue weighted by Crippen LogP contribution is -2.21. The Morgan fingerprint density at radius 2 is 1.88 bits per heavy atom. The number of hydrogen-bond donors (Lipinski definition) is 2. The van der Waals surface area contributed by atoms with Crippen LogP contribution >= 0.6 is 0 Å². The molecule has 1 aliphatic rings. The molecule has 0 radical (unpaired) electrons. The topological polar surface area (TPSA) is 131 Å². The number of anilines is 1. The van der Waals surface area contributed by atoms with E-state index in [-0.39, 0.29) is 6.04 Å². The number of aliphatic hydroxyl groups is 1. The number of aliphatic hydroxyl groups excluding tert-OH is 1. The highest BCUT2D eigenvalue weighted by molar-refractivity contribution is 5.79. The average molecular weight is 422 g/mol. The Balaban J connectivity index is 1.54. The third kappa shape index (κ3) is 2.67. The summed E-state index contributed by atoms with van der Waals surface area (Å²) in [7, 11) is 0. The fraction of sp³-hybridized carbons (Fsp3) is 0.174. The van der Waals surface area contributed by atoms with Gasteiger partial charge in [-0.1, -0.05) is 24.3 Å². The highest BCUT2D eigenvalue weighted by atomic mass is 16.3. The summed E-state index contributed by atoms with van der Waals surface area (Å²) in [6.07, 6.45) is 4.14. The lowest BCUT2D eigenvalue weighted by molar-refractivity contribution is 0.148. The van der Waals surface area contributed by atoms with E-state index in [0.29, 0.717) is 41.5 Å². The molecule has 32 heavy (non-hydrogen) atoms. The molecule has 9 nitrogen and oxygen atoms in total. The van der Waals surface area contributed by atoms with E-state index in [2.05, 4.69) is 21.0 Å². The van der Waals surface area contributed by atoms with Gasteiger partial charge < -0.3 is 10.8 Å². The third-order valence-corrected chi connectivity index (χ3v) is 6.08. The predicted molar refractivity (Wildman–Crippen MR) is 118 cm³/mol. The van der Waals surface area contributed by atoms with E-state index >= 15 is 0 Å². The van der Waals surface area contributed by atoms with E-state index in [0.717, 1.165) is 22.2 Å². The number of nitrogens with two attached hydrogens (primary N) is 1. The highest BCUT2D eigenvalue weighted by Crippen LogP contribution is 2.40. The molecule has 3 N–H and O–H groups in total. The minimum Gasteiger partial charge on any atom is -0.388 e. The van der Waals surface area contributed by atoms with Crippen molar-refractivity contribution in [1.29, 1.82) is 5.26 Å². The molecule has 0 spiro atoms. The zero-order valence-corrected chi connectivity index (χ0v) is 16.9. The number of hydrogen-bond acceptors (Lipinski definition) is 7. The molecule has 1 aliphatic carbocycles. The molecule has 0 amide bonds. The summed E-state index contributed by atoms with van der Waals surface area (Å²) >= 11 is 0. The number of benzene rings is 2. The van der Waals surface area contributed by atoms with E-state index in [4.69, 9.17) is 10.7 Å². The summed E-state index contributed by atoms with van der Waals surface area (Å²) in [5, 5.41) is 19.7. The van der Waals surface area contributed by atoms with E-state index in [9.17, 15) is 10.4 Å². The maximum atomic E-state index is 10.5. The van der Waals surface area contributed by atoms with Crippen molar-refractivity contribution in [3.8, 4) is 12.0 Å². The molecule has 0 aliphatic heterocycles. The Morgan fingerprint density at radius 1 is 1.03 bits per heavy atom. The van der Waals surface area contributed by atoms with Crippen molar-refractivity contribution >= 4 is 28.1 Å². The Morgan fingerprint density at radius 3 is 2.72 bits per heavy atom. The molecule has 2 unspecified atom stereocenters.